The second kappa shape index (κ2) is 9.56. The molecule has 132 valence electrons. The maximum absolute atomic E-state index is 11.9. The third-order valence-corrected chi connectivity index (χ3v) is 4.28. The summed E-state index contributed by atoms with van der Waals surface area (Å²) in [6.45, 7) is 2.81. The maximum Gasteiger partial charge on any atom is 0.225 e. The SMILES string of the molecule is CC(=O)c1ccc(NC(=O)CCNCCc2ccc(Cl)cc2Cl)cc1. The van der Waals surface area contributed by atoms with Gasteiger partial charge >= 0.3 is 0 Å². The van der Waals surface area contributed by atoms with Gasteiger partial charge in [0.05, 0.1) is 0 Å². The Labute approximate surface area is 157 Å². The van der Waals surface area contributed by atoms with Gasteiger partial charge in [0.1, 0.15) is 0 Å². The van der Waals surface area contributed by atoms with Gasteiger partial charge in [-0.2, -0.15) is 0 Å². The van der Waals surface area contributed by atoms with Crippen LogP contribution in [0, 0.1) is 0 Å². The highest BCUT2D eigenvalue weighted by Crippen LogP contribution is 2.21. The van der Waals surface area contributed by atoms with Crippen LogP contribution in [0.15, 0.2) is 42.5 Å². The molecule has 0 saturated heterocycles. The molecular weight excluding hydrogens is 359 g/mol. The van der Waals surface area contributed by atoms with Crippen molar-refractivity contribution in [3.8, 4) is 0 Å². The van der Waals surface area contributed by atoms with Crippen molar-refractivity contribution in [1.82, 2.24) is 5.32 Å². The van der Waals surface area contributed by atoms with Crippen molar-refractivity contribution in [3.05, 3.63) is 63.6 Å². The van der Waals surface area contributed by atoms with Gasteiger partial charge in [-0.15, -0.1) is 0 Å². The van der Waals surface area contributed by atoms with Crippen LogP contribution in [0.4, 0.5) is 5.69 Å². The summed E-state index contributed by atoms with van der Waals surface area (Å²) in [5, 5.41) is 7.30. The molecule has 0 saturated carbocycles. The molecule has 0 bridgehead atoms. The van der Waals surface area contributed by atoms with Crippen molar-refractivity contribution in [1.29, 1.82) is 0 Å². The number of hydrogen-bond donors (Lipinski definition) is 2. The molecule has 2 rings (SSSR count). The van der Waals surface area contributed by atoms with E-state index >= 15 is 0 Å². The molecule has 0 fully saturated rings. The lowest BCUT2D eigenvalue weighted by atomic mass is 10.1. The number of halogens is 2. The predicted molar refractivity (Wildman–Crippen MR) is 103 cm³/mol. The zero-order valence-electron chi connectivity index (χ0n) is 13.9. The van der Waals surface area contributed by atoms with E-state index in [9.17, 15) is 9.59 Å². The number of benzene rings is 2. The fourth-order valence-electron chi connectivity index (χ4n) is 2.29. The van der Waals surface area contributed by atoms with Crippen molar-refractivity contribution in [3.63, 3.8) is 0 Å². The molecule has 0 radical (unpaired) electrons. The number of hydrogen-bond acceptors (Lipinski definition) is 3. The van der Waals surface area contributed by atoms with Crippen molar-refractivity contribution in [2.75, 3.05) is 18.4 Å². The van der Waals surface area contributed by atoms with E-state index in [1.165, 1.54) is 6.92 Å². The van der Waals surface area contributed by atoms with Crippen molar-refractivity contribution < 1.29 is 9.59 Å². The molecule has 4 nitrogen and oxygen atoms in total. The quantitative estimate of drug-likeness (QED) is 0.529. The number of carbonyl (C=O) groups excluding carboxylic acids is 2. The fraction of sp³-hybridized carbons (Fsp3) is 0.263. The van der Waals surface area contributed by atoms with Crippen LogP contribution in [0.25, 0.3) is 0 Å². The second-order valence-corrected chi connectivity index (χ2v) is 6.51. The minimum atomic E-state index is -0.0763. The van der Waals surface area contributed by atoms with E-state index in [0.717, 1.165) is 18.5 Å². The first-order chi connectivity index (χ1) is 12.0. The number of ketones is 1. The Morgan fingerprint density at radius 3 is 2.36 bits per heavy atom. The number of carbonyl (C=O) groups is 2. The summed E-state index contributed by atoms with van der Waals surface area (Å²) in [5.74, 6) is -0.0736. The number of rotatable bonds is 8. The van der Waals surface area contributed by atoms with E-state index in [0.29, 0.717) is 34.3 Å². The van der Waals surface area contributed by atoms with Crippen LogP contribution in [-0.4, -0.2) is 24.8 Å². The highest BCUT2D eigenvalue weighted by molar-refractivity contribution is 6.35. The normalized spacial score (nSPS) is 10.5. The molecule has 2 N–H and O–H groups in total. The molecule has 0 unspecified atom stereocenters. The highest BCUT2D eigenvalue weighted by Gasteiger charge is 2.04. The summed E-state index contributed by atoms with van der Waals surface area (Å²) in [7, 11) is 0. The van der Waals surface area contributed by atoms with Crippen LogP contribution >= 0.6 is 23.2 Å². The molecule has 0 aliphatic rings. The number of anilines is 1. The summed E-state index contributed by atoms with van der Waals surface area (Å²) < 4.78 is 0. The van der Waals surface area contributed by atoms with E-state index < -0.39 is 0 Å². The van der Waals surface area contributed by atoms with Gasteiger partial charge in [-0.25, -0.2) is 0 Å². The summed E-state index contributed by atoms with van der Waals surface area (Å²) >= 11 is 12.0. The summed E-state index contributed by atoms with van der Waals surface area (Å²) in [6.07, 6.45) is 1.13. The molecule has 0 heterocycles. The van der Waals surface area contributed by atoms with Gasteiger partial charge in [-0.05, 0) is 61.9 Å². The third kappa shape index (κ3) is 6.50. The van der Waals surface area contributed by atoms with Gasteiger partial charge < -0.3 is 10.6 Å². The van der Waals surface area contributed by atoms with Crippen LogP contribution < -0.4 is 10.6 Å². The lowest BCUT2D eigenvalue weighted by Gasteiger charge is -2.08. The van der Waals surface area contributed by atoms with Gasteiger partial charge in [0, 0.05) is 34.3 Å². The van der Waals surface area contributed by atoms with E-state index in [2.05, 4.69) is 10.6 Å². The molecule has 0 aliphatic carbocycles. The van der Waals surface area contributed by atoms with Gasteiger partial charge in [-0.3, -0.25) is 9.59 Å². The molecule has 0 spiro atoms. The predicted octanol–water partition coefficient (Wildman–Crippen LogP) is 4.36. The Kier molecular flexibility index (Phi) is 7.44. The fourth-order valence-corrected chi connectivity index (χ4v) is 2.79. The Morgan fingerprint density at radius 2 is 1.72 bits per heavy atom. The number of amides is 1. The topological polar surface area (TPSA) is 58.2 Å². The average Bonchev–Trinajstić information content (AvgIpc) is 2.56. The smallest absolute Gasteiger partial charge is 0.225 e. The zero-order chi connectivity index (χ0) is 18.2. The van der Waals surface area contributed by atoms with Crippen LogP contribution in [0.2, 0.25) is 10.0 Å². The molecule has 1 amide bonds. The Balaban J connectivity index is 1.67. The Morgan fingerprint density at radius 1 is 1.00 bits per heavy atom. The molecule has 25 heavy (non-hydrogen) atoms. The molecule has 6 heteroatoms. The van der Waals surface area contributed by atoms with Gasteiger partial charge in [0.25, 0.3) is 0 Å². The monoisotopic (exact) mass is 378 g/mol. The van der Waals surface area contributed by atoms with Gasteiger partial charge in [-0.1, -0.05) is 29.3 Å². The summed E-state index contributed by atoms with van der Waals surface area (Å²) in [4.78, 5) is 23.1. The van der Waals surface area contributed by atoms with Crippen molar-refractivity contribution >= 4 is 40.6 Å². The van der Waals surface area contributed by atoms with Crippen molar-refractivity contribution in [2.45, 2.75) is 19.8 Å². The third-order valence-electron chi connectivity index (χ3n) is 3.69. The minimum Gasteiger partial charge on any atom is -0.326 e. The van der Waals surface area contributed by atoms with Crippen LogP contribution in [0.3, 0.4) is 0 Å². The van der Waals surface area contributed by atoms with Gasteiger partial charge in [0.15, 0.2) is 5.78 Å². The van der Waals surface area contributed by atoms with Gasteiger partial charge in [0.2, 0.25) is 5.91 Å². The molecule has 2 aromatic rings. The van der Waals surface area contributed by atoms with Crippen LogP contribution in [0.1, 0.15) is 29.3 Å². The van der Waals surface area contributed by atoms with Crippen LogP contribution in [0.5, 0.6) is 0 Å². The van der Waals surface area contributed by atoms with Crippen molar-refractivity contribution in [2.24, 2.45) is 0 Å². The molecule has 2 aromatic carbocycles. The zero-order valence-corrected chi connectivity index (χ0v) is 15.5. The Hall–Kier alpha value is -1.88. The number of nitrogens with one attached hydrogen (secondary N) is 2. The van der Waals surface area contributed by atoms with E-state index in [-0.39, 0.29) is 11.7 Å². The first kappa shape index (κ1) is 19.4. The largest absolute Gasteiger partial charge is 0.326 e. The lowest BCUT2D eigenvalue weighted by Crippen LogP contribution is -2.23. The number of Topliss-reactive ketones (excluding diaryl/α,β-unsaturated/α-hetero) is 1. The minimum absolute atomic E-state index is 0.00265. The van der Waals surface area contributed by atoms with Crippen LogP contribution in [-0.2, 0) is 11.2 Å². The van der Waals surface area contributed by atoms with E-state index in [1.54, 1.807) is 30.3 Å². The molecule has 0 aromatic heterocycles. The second-order valence-electron chi connectivity index (χ2n) is 5.67. The van der Waals surface area contributed by atoms with E-state index in [4.69, 9.17) is 23.2 Å². The Bertz CT molecular complexity index is 746. The first-order valence-electron chi connectivity index (χ1n) is 8.01. The molecule has 0 atom stereocenters. The average molecular weight is 379 g/mol. The molecular formula is C19H20Cl2N2O2. The summed E-state index contributed by atoms with van der Waals surface area (Å²) in [6, 6.07) is 12.3. The summed E-state index contributed by atoms with van der Waals surface area (Å²) in [5.41, 5.74) is 2.33. The highest BCUT2D eigenvalue weighted by atomic mass is 35.5. The first-order valence-corrected chi connectivity index (χ1v) is 8.77. The maximum atomic E-state index is 11.9. The lowest BCUT2D eigenvalue weighted by molar-refractivity contribution is -0.116. The van der Waals surface area contributed by atoms with E-state index in [1.807, 2.05) is 12.1 Å². The standard InChI is InChI=1S/C19H20Cl2N2O2/c1-13(24)14-3-6-17(7-4-14)23-19(25)9-11-22-10-8-15-2-5-16(20)12-18(15)21/h2-7,12,22H,8-11H2,1H3,(H,23,25). The molecule has 0 aliphatic heterocycles.